The lowest BCUT2D eigenvalue weighted by Crippen LogP contribution is -2.14. The molecule has 0 aliphatic heterocycles. The number of nitrogens with two attached hydrogens (primary N) is 1. The van der Waals surface area contributed by atoms with Gasteiger partial charge in [-0.15, -0.1) is 0 Å². The lowest BCUT2D eigenvalue weighted by molar-refractivity contribution is -0.138. The number of aromatic hydroxyl groups is 1. The number of fused-ring (bicyclic) bond motifs is 1. The molecule has 0 radical (unpaired) electrons. The number of carbonyl (C=O) groups excluding carboxylic acids is 1. The van der Waals surface area contributed by atoms with Gasteiger partial charge in [0.25, 0.3) is 5.91 Å². The number of aryl methyl sites for hydroxylation is 2. The van der Waals surface area contributed by atoms with Gasteiger partial charge in [0.15, 0.2) is 0 Å². The molecule has 0 saturated carbocycles. The maximum Gasteiger partial charge on any atom is 0.419 e. The van der Waals surface area contributed by atoms with Gasteiger partial charge >= 0.3 is 6.18 Å². The van der Waals surface area contributed by atoms with E-state index < -0.39 is 29.0 Å². The summed E-state index contributed by atoms with van der Waals surface area (Å²) in [5, 5.41) is 9.95. The van der Waals surface area contributed by atoms with Gasteiger partial charge < -0.3 is 10.8 Å². The summed E-state index contributed by atoms with van der Waals surface area (Å²) in [6.07, 6.45) is -0.937. The van der Waals surface area contributed by atoms with Gasteiger partial charge in [0, 0.05) is 5.02 Å². The molecular weight excluding hydrogens is 343 g/mol. The van der Waals surface area contributed by atoms with Crippen LogP contribution in [-0.2, 0) is 19.0 Å². The highest BCUT2D eigenvalue weighted by Crippen LogP contribution is 2.37. The third-order valence-corrected chi connectivity index (χ3v) is 3.90. The van der Waals surface area contributed by atoms with Crippen LogP contribution in [0, 0.1) is 0 Å². The number of phenols is 1. The summed E-state index contributed by atoms with van der Waals surface area (Å²) in [5.74, 6) is -2.24. The molecule has 1 amide bonds. The maximum atomic E-state index is 12.2. The predicted molar refractivity (Wildman–Crippen MR) is 85.1 cm³/mol. The van der Waals surface area contributed by atoms with Gasteiger partial charge in [0.05, 0.1) is 11.1 Å². The standard InChI is InChI=1S/C9H9Cl.C8H6F3NO2/c10-9-5-4-7-2-1-3-8(7)6-9;9-8(10,11)5-3-1-2-4(6(5)13)7(12)14/h4-6H,1-3H2;1-3,13H,(H2,12,14). The third kappa shape index (κ3) is 4.20. The number of carbonyl (C=O) groups is 1. The summed E-state index contributed by atoms with van der Waals surface area (Å²) in [7, 11) is 0. The van der Waals surface area contributed by atoms with E-state index in [1.807, 2.05) is 6.07 Å². The van der Waals surface area contributed by atoms with Crippen LogP contribution in [0.3, 0.4) is 0 Å². The molecule has 0 atom stereocenters. The molecule has 0 bridgehead atoms. The molecule has 3 nitrogen and oxygen atoms in total. The van der Waals surface area contributed by atoms with Crippen molar-refractivity contribution in [1.82, 2.24) is 0 Å². The zero-order valence-electron chi connectivity index (χ0n) is 12.5. The summed E-state index contributed by atoms with van der Waals surface area (Å²) < 4.78 is 36.5. The van der Waals surface area contributed by atoms with E-state index in [1.54, 1.807) is 0 Å². The number of benzene rings is 2. The Balaban J connectivity index is 0.000000182. The molecule has 24 heavy (non-hydrogen) atoms. The molecule has 0 spiro atoms. The van der Waals surface area contributed by atoms with Crippen LogP contribution >= 0.6 is 11.6 Å². The van der Waals surface area contributed by atoms with Crippen molar-refractivity contribution in [2.24, 2.45) is 5.73 Å². The number of hydrogen-bond donors (Lipinski definition) is 2. The lowest BCUT2D eigenvalue weighted by atomic mass is 10.1. The van der Waals surface area contributed by atoms with Gasteiger partial charge in [-0.05, 0) is 54.7 Å². The quantitative estimate of drug-likeness (QED) is 0.797. The first-order valence-corrected chi connectivity index (χ1v) is 7.54. The van der Waals surface area contributed by atoms with E-state index >= 15 is 0 Å². The molecule has 1 aliphatic carbocycles. The Bertz CT molecular complexity index is 760. The van der Waals surface area contributed by atoms with Crippen LogP contribution in [0.25, 0.3) is 0 Å². The highest BCUT2D eigenvalue weighted by atomic mass is 35.5. The van der Waals surface area contributed by atoms with Gasteiger partial charge in [-0.1, -0.05) is 23.7 Å². The Hall–Kier alpha value is -2.21. The number of amides is 1. The molecule has 2 aromatic carbocycles. The zero-order chi connectivity index (χ0) is 17.9. The minimum atomic E-state index is -4.70. The Morgan fingerprint density at radius 3 is 2.42 bits per heavy atom. The van der Waals surface area contributed by atoms with Crippen molar-refractivity contribution in [2.75, 3.05) is 0 Å². The third-order valence-electron chi connectivity index (χ3n) is 3.67. The van der Waals surface area contributed by atoms with E-state index in [4.69, 9.17) is 22.4 Å². The first-order valence-electron chi connectivity index (χ1n) is 7.16. The molecule has 3 rings (SSSR count). The second kappa shape index (κ2) is 7.13. The minimum Gasteiger partial charge on any atom is -0.506 e. The molecule has 1 aliphatic rings. The predicted octanol–water partition coefficient (Wildman–Crippen LogP) is 4.34. The fourth-order valence-corrected chi connectivity index (χ4v) is 2.71. The van der Waals surface area contributed by atoms with Crippen LogP contribution in [0.1, 0.15) is 33.5 Å². The first-order chi connectivity index (χ1) is 11.2. The fraction of sp³-hybridized carbons (Fsp3) is 0.235. The molecule has 0 saturated heterocycles. The molecule has 128 valence electrons. The first kappa shape index (κ1) is 18.1. The Labute approximate surface area is 141 Å². The van der Waals surface area contributed by atoms with Crippen LogP contribution in [0.15, 0.2) is 36.4 Å². The minimum absolute atomic E-state index is 0.542. The van der Waals surface area contributed by atoms with E-state index in [0.29, 0.717) is 6.07 Å². The lowest BCUT2D eigenvalue weighted by Gasteiger charge is -2.10. The number of halogens is 4. The van der Waals surface area contributed by atoms with Gasteiger partial charge in [0.2, 0.25) is 0 Å². The molecular formula is C17H15ClF3NO2. The van der Waals surface area contributed by atoms with Crippen LogP contribution in [0.5, 0.6) is 5.75 Å². The average molecular weight is 358 g/mol. The monoisotopic (exact) mass is 357 g/mol. The van der Waals surface area contributed by atoms with E-state index in [2.05, 4.69) is 12.1 Å². The second-order valence-corrected chi connectivity index (χ2v) is 5.77. The molecule has 2 aromatic rings. The maximum absolute atomic E-state index is 12.2. The van der Waals surface area contributed by atoms with E-state index in [1.165, 1.54) is 30.4 Å². The van der Waals surface area contributed by atoms with Gasteiger partial charge in [-0.3, -0.25) is 4.79 Å². The van der Waals surface area contributed by atoms with Crippen LogP contribution < -0.4 is 5.73 Å². The summed E-state index contributed by atoms with van der Waals surface area (Å²) in [6.45, 7) is 0. The molecule has 0 heterocycles. The molecule has 0 fully saturated rings. The fourth-order valence-electron chi connectivity index (χ4n) is 2.51. The largest absolute Gasteiger partial charge is 0.506 e. The van der Waals surface area contributed by atoms with E-state index in [0.717, 1.165) is 17.2 Å². The number of primary amides is 1. The normalized spacial score (nSPS) is 13.0. The molecule has 7 heteroatoms. The Morgan fingerprint density at radius 1 is 1.12 bits per heavy atom. The van der Waals surface area contributed by atoms with E-state index in [-0.39, 0.29) is 0 Å². The molecule has 3 N–H and O–H groups in total. The van der Waals surface area contributed by atoms with E-state index in [9.17, 15) is 18.0 Å². The number of alkyl halides is 3. The van der Waals surface area contributed by atoms with Crippen molar-refractivity contribution in [3.05, 3.63) is 63.7 Å². The van der Waals surface area contributed by atoms with Crippen molar-refractivity contribution < 1.29 is 23.1 Å². The number of rotatable bonds is 1. The van der Waals surface area contributed by atoms with Gasteiger partial charge in [-0.25, -0.2) is 0 Å². The van der Waals surface area contributed by atoms with Crippen molar-refractivity contribution >= 4 is 17.5 Å². The highest BCUT2D eigenvalue weighted by Gasteiger charge is 2.35. The van der Waals surface area contributed by atoms with Crippen molar-refractivity contribution in [1.29, 1.82) is 0 Å². The smallest absolute Gasteiger partial charge is 0.419 e. The number of para-hydroxylation sites is 1. The average Bonchev–Trinajstić information content (AvgIpc) is 2.94. The van der Waals surface area contributed by atoms with Crippen molar-refractivity contribution in [2.45, 2.75) is 25.4 Å². The zero-order valence-corrected chi connectivity index (χ0v) is 13.3. The van der Waals surface area contributed by atoms with Gasteiger partial charge in [-0.2, -0.15) is 13.2 Å². The van der Waals surface area contributed by atoms with Crippen molar-refractivity contribution in [3.63, 3.8) is 0 Å². The highest BCUT2D eigenvalue weighted by molar-refractivity contribution is 6.30. The Kier molecular flexibility index (Phi) is 5.39. The topological polar surface area (TPSA) is 63.3 Å². The summed E-state index contributed by atoms with van der Waals surface area (Å²) in [5.41, 5.74) is 5.89. The second-order valence-electron chi connectivity index (χ2n) is 5.33. The number of hydrogen-bond acceptors (Lipinski definition) is 2. The Morgan fingerprint density at radius 2 is 1.79 bits per heavy atom. The summed E-state index contributed by atoms with van der Waals surface area (Å²) >= 11 is 5.82. The van der Waals surface area contributed by atoms with Crippen LogP contribution in [0.4, 0.5) is 13.2 Å². The SMILES string of the molecule is Clc1ccc2c(c1)CCC2.NC(=O)c1cccc(C(F)(F)F)c1O. The van der Waals surface area contributed by atoms with Crippen LogP contribution in [-0.4, -0.2) is 11.0 Å². The molecule has 0 unspecified atom stereocenters. The van der Waals surface area contributed by atoms with Crippen LogP contribution in [0.2, 0.25) is 5.02 Å². The van der Waals surface area contributed by atoms with Gasteiger partial charge in [0.1, 0.15) is 5.75 Å². The summed E-state index contributed by atoms with van der Waals surface area (Å²) in [4.78, 5) is 10.6. The van der Waals surface area contributed by atoms with Crippen molar-refractivity contribution in [3.8, 4) is 5.75 Å². The molecule has 0 aromatic heterocycles. The summed E-state index contributed by atoms with van der Waals surface area (Å²) in [6, 6.07) is 8.90.